The molecule has 0 aromatic heterocycles. The molecular weight excluding hydrogens is 216 g/mol. The molecule has 3 nitrogen and oxygen atoms in total. The Morgan fingerprint density at radius 1 is 1.53 bits per heavy atom. The Morgan fingerprint density at radius 3 is 2.82 bits per heavy atom. The smallest absolute Gasteiger partial charge is 0.131 e. The van der Waals surface area contributed by atoms with Gasteiger partial charge >= 0.3 is 0 Å². The van der Waals surface area contributed by atoms with E-state index in [1.54, 1.807) is 26.0 Å². The first-order valence-corrected chi connectivity index (χ1v) is 5.76. The summed E-state index contributed by atoms with van der Waals surface area (Å²) >= 11 is 0. The van der Waals surface area contributed by atoms with E-state index >= 15 is 0 Å². The molecule has 0 bridgehead atoms. The molecule has 17 heavy (non-hydrogen) atoms. The van der Waals surface area contributed by atoms with E-state index in [-0.39, 0.29) is 11.9 Å². The first-order valence-electron chi connectivity index (χ1n) is 5.76. The lowest BCUT2D eigenvalue weighted by atomic mass is 9.96. The lowest BCUT2D eigenvalue weighted by Crippen LogP contribution is -2.39. The van der Waals surface area contributed by atoms with Crippen LogP contribution in [0.15, 0.2) is 24.8 Å². The SMILES string of the molecule is C=CCc1cc2c(cc1O)CC(C(C)(C)O)O2. The topological polar surface area (TPSA) is 49.7 Å². The number of phenols is 1. The first kappa shape index (κ1) is 12.0. The van der Waals surface area contributed by atoms with Gasteiger partial charge in [0.2, 0.25) is 0 Å². The van der Waals surface area contributed by atoms with Gasteiger partial charge in [-0.2, -0.15) is 0 Å². The molecule has 1 aromatic carbocycles. The number of phenolic OH excluding ortho intramolecular Hbond substituents is 1. The molecule has 2 N–H and O–H groups in total. The molecule has 3 heteroatoms. The highest BCUT2D eigenvalue weighted by Crippen LogP contribution is 2.37. The number of aromatic hydroxyl groups is 1. The summed E-state index contributed by atoms with van der Waals surface area (Å²) in [6, 6.07) is 3.55. The molecule has 1 unspecified atom stereocenters. The summed E-state index contributed by atoms with van der Waals surface area (Å²) in [6.07, 6.45) is 2.72. The Morgan fingerprint density at radius 2 is 2.24 bits per heavy atom. The van der Waals surface area contributed by atoms with Crippen molar-refractivity contribution in [1.82, 2.24) is 0 Å². The van der Waals surface area contributed by atoms with Crippen molar-refractivity contribution < 1.29 is 14.9 Å². The zero-order valence-electron chi connectivity index (χ0n) is 10.2. The number of hydrogen-bond acceptors (Lipinski definition) is 3. The van der Waals surface area contributed by atoms with Crippen LogP contribution in [-0.4, -0.2) is 21.9 Å². The molecule has 0 amide bonds. The third kappa shape index (κ3) is 2.29. The molecule has 0 aliphatic carbocycles. The quantitative estimate of drug-likeness (QED) is 0.788. The number of allylic oxidation sites excluding steroid dienone is 1. The Kier molecular flexibility index (Phi) is 2.87. The van der Waals surface area contributed by atoms with Crippen molar-refractivity contribution in [3.05, 3.63) is 35.9 Å². The van der Waals surface area contributed by atoms with Crippen LogP contribution in [0.25, 0.3) is 0 Å². The minimum absolute atomic E-state index is 0.254. The number of aliphatic hydroxyl groups is 1. The van der Waals surface area contributed by atoms with Crippen LogP contribution in [0, 0.1) is 0 Å². The van der Waals surface area contributed by atoms with Crippen LogP contribution in [0.5, 0.6) is 11.5 Å². The molecule has 0 radical (unpaired) electrons. The molecular formula is C14H18O3. The van der Waals surface area contributed by atoms with Gasteiger partial charge in [-0.25, -0.2) is 0 Å². The molecule has 92 valence electrons. The Labute approximate surface area is 101 Å². The van der Waals surface area contributed by atoms with Gasteiger partial charge in [0.1, 0.15) is 17.6 Å². The van der Waals surface area contributed by atoms with Crippen LogP contribution in [0.2, 0.25) is 0 Å². The van der Waals surface area contributed by atoms with Gasteiger partial charge in [0.05, 0.1) is 5.60 Å². The van der Waals surface area contributed by atoms with Gasteiger partial charge in [-0.1, -0.05) is 6.08 Å². The van der Waals surface area contributed by atoms with Gasteiger partial charge in [0.25, 0.3) is 0 Å². The number of fused-ring (bicyclic) bond motifs is 1. The van der Waals surface area contributed by atoms with Crippen LogP contribution in [0.3, 0.4) is 0 Å². The van der Waals surface area contributed by atoms with Crippen LogP contribution in [-0.2, 0) is 12.8 Å². The van der Waals surface area contributed by atoms with Gasteiger partial charge in [-0.05, 0) is 32.4 Å². The van der Waals surface area contributed by atoms with Crippen molar-refractivity contribution in [3.8, 4) is 11.5 Å². The van der Waals surface area contributed by atoms with Crippen molar-refractivity contribution in [1.29, 1.82) is 0 Å². The Hall–Kier alpha value is -1.48. The molecule has 0 fully saturated rings. The predicted octanol–water partition coefficient (Wildman–Crippen LogP) is 2.20. The maximum absolute atomic E-state index is 9.93. The number of hydrogen-bond donors (Lipinski definition) is 2. The van der Waals surface area contributed by atoms with Crippen molar-refractivity contribution >= 4 is 0 Å². The summed E-state index contributed by atoms with van der Waals surface area (Å²) in [5.41, 5.74) is 0.866. The highest BCUT2D eigenvalue weighted by atomic mass is 16.5. The standard InChI is InChI=1S/C14H18O3/c1-4-5-9-7-12-10(6-11(9)15)8-13(17-12)14(2,3)16/h4,6-7,13,15-16H,1,5,8H2,2-3H3. The van der Waals surface area contributed by atoms with E-state index in [4.69, 9.17) is 4.74 Å². The molecule has 1 aromatic rings. The minimum atomic E-state index is -0.882. The van der Waals surface area contributed by atoms with E-state index in [1.165, 1.54) is 0 Å². The fourth-order valence-corrected chi connectivity index (χ4v) is 2.03. The second-order valence-electron chi connectivity index (χ2n) is 5.05. The molecule has 0 saturated heterocycles. The maximum atomic E-state index is 9.93. The number of ether oxygens (including phenoxy) is 1. The van der Waals surface area contributed by atoms with E-state index in [0.29, 0.717) is 12.8 Å². The normalized spacial score (nSPS) is 18.6. The largest absolute Gasteiger partial charge is 0.508 e. The Bertz CT molecular complexity index is 444. The van der Waals surface area contributed by atoms with E-state index in [0.717, 1.165) is 16.9 Å². The fourth-order valence-electron chi connectivity index (χ4n) is 2.03. The summed E-state index contributed by atoms with van der Waals surface area (Å²) < 4.78 is 5.72. The number of benzene rings is 1. The third-order valence-electron chi connectivity index (χ3n) is 3.09. The van der Waals surface area contributed by atoms with E-state index < -0.39 is 5.60 Å². The minimum Gasteiger partial charge on any atom is -0.508 e. The van der Waals surface area contributed by atoms with Crippen LogP contribution < -0.4 is 4.74 Å². The van der Waals surface area contributed by atoms with E-state index in [9.17, 15) is 10.2 Å². The summed E-state index contributed by atoms with van der Waals surface area (Å²) in [7, 11) is 0. The fraction of sp³-hybridized carbons (Fsp3) is 0.429. The van der Waals surface area contributed by atoms with Crippen molar-refractivity contribution in [2.45, 2.75) is 38.4 Å². The summed E-state index contributed by atoms with van der Waals surface area (Å²) in [4.78, 5) is 0. The first-order chi connectivity index (χ1) is 7.91. The summed E-state index contributed by atoms with van der Waals surface area (Å²) in [5.74, 6) is 1.02. The molecule has 1 aliphatic rings. The zero-order chi connectivity index (χ0) is 12.6. The maximum Gasteiger partial charge on any atom is 0.131 e. The molecule has 1 aliphatic heterocycles. The van der Waals surface area contributed by atoms with Gasteiger partial charge in [0, 0.05) is 17.5 Å². The Balaban J connectivity index is 2.30. The molecule has 1 heterocycles. The van der Waals surface area contributed by atoms with Crippen LogP contribution in [0.4, 0.5) is 0 Å². The lowest BCUT2D eigenvalue weighted by Gasteiger charge is -2.24. The summed E-state index contributed by atoms with van der Waals surface area (Å²) in [5, 5.41) is 19.8. The van der Waals surface area contributed by atoms with Gasteiger partial charge in [0.15, 0.2) is 0 Å². The zero-order valence-corrected chi connectivity index (χ0v) is 10.2. The molecule has 2 rings (SSSR count). The highest BCUT2D eigenvalue weighted by Gasteiger charge is 2.35. The van der Waals surface area contributed by atoms with E-state index in [2.05, 4.69) is 6.58 Å². The highest BCUT2D eigenvalue weighted by molar-refractivity contribution is 5.49. The van der Waals surface area contributed by atoms with Crippen molar-refractivity contribution in [2.24, 2.45) is 0 Å². The molecule has 0 spiro atoms. The average molecular weight is 234 g/mol. The van der Waals surface area contributed by atoms with Crippen molar-refractivity contribution in [2.75, 3.05) is 0 Å². The second kappa shape index (κ2) is 4.08. The average Bonchev–Trinajstić information content (AvgIpc) is 2.61. The van der Waals surface area contributed by atoms with Crippen molar-refractivity contribution in [3.63, 3.8) is 0 Å². The third-order valence-corrected chi connectivity index (χ3v) is 3.09. The van der Waals surface area contributed by atoms with Gasteiger partial charge < -0.3 is 14.9 Å². The molecule has 1 atom stereocenters. The second-order valence-corrected chi connectivity index (χ2v) is 5.05. The van der Waals surface area contributed by atoms with E-state index in [1.807, 2.05) is 6.07 Å². The summed E-state index contributed by atoms with van der Waals surface area (Å²) in [6.45, 7) is 7.11. The van der Waals surface area contributed by atoms with Crippen LogP contribution >= 0.6 is 0 Å². The van der Waals surface area contributed by atoms with Gasteiger partial charge in [-0.3, -0.25) is 0 Å². The monoisotopic (exact) mass is 234 g/mol. The molecule has 0 saturated carbocycles. The predicted molar refractivity (Wildman–Crippen MR) is 66.4 cm³/mol. The lowest BCUT2D eigenvalue weighted by molar-refractivity contribution is -0.0229. The number of rotatable bonds is 3. The van der Waals surface area contributed by atoms with Gasteiger partial charge in [-0.15, -0.1) is 6.58 Å². The van der Waals surface area contributed by atoms with Crippen LogP contribution in [0.1, 0.15) is 25.0 Å².